The normalized spacial score (nSPS) is 14.0. The zero-order chi connectivity index (χ0) is 78.0. The Morgan fingerprint density at radius 3 is 1.36 bits per heavy atom. The third-order valence-electron chi connectivity index (χ3n) is 16.9. The Labute approximate surface area is 622 Å². The average molecular weight is 1520 g/mol. The van der Waals surface area contributed by atoms with Crippen molar-refractivity contribution >= 4 is 130 Å². The standard InChI is InChI=1S/C70H86N18O17S2/c1-35(2)60(70(105)86-49(62(97)77-30-57(73)92)21-36-11-15-41(89)16-12-36)88-68(103)53(25-40-29-74-34-79-40)85-66(101)52(24-39-28-76-47-10-6-4-8-44(39)47)83-64(99)50(22-37-13-17-42(90)18-14-37)82-69(104)55(33-107)87-63(98)48(19-20-59(94)95)81-65(100)51(23-38-27-75-46-9-5-3-7-43(38)46)84-67(102)54(26-56(72)91)80-58(93)31-78-61(96)45(71)32-106/h3-18,27-29,34-35,45,48-55,60,75-76,89-90,106-107H,19-26,30-33,71H2,1-2H3,(H2,72,91)(H2,73,92)(H,74,79)(H,77,97)(H,78,96)(H,80,93)(H,81,100)(H,82,104)(H,83,99)(H,84,102)(H,85,101)(H,86,105)(H,87,98)(H,88,103)(H,94,95)/t45-,48-,49-,50-,51-,52-,53-,54-,55-,60-/m0/s1. The maximum atomic E-state index is 15.2. The summed E-state index contributed by atoms with van der Waals surface area (Å²) in [6.45, 7) is 1.93. The third kappa shape index (κ3) is 25.1. The van der Waals surface area contributed by atoms with Gasteiger partial charge in [0.05, 0.1) is 31.9 Å². The van der Waals surface area contributed by atoms with Crippen LogP contribution in [0.2, 0.25) is 0 Å². The molecule has 0 bridgehead atoms. The second-order valence-corrected chi connectivity index (χ2v) is 26.1. The maximum absolute atomic E-state index is 15.2. The first-order valence-corrected chi connectivity index (χ1v) is 34.9. The van der Waals surface area contributed by atoms with Crippen LogP contribution < -0.4 is 75.7 Å². The number of aromatic hydroxyl groups is 2. The number of para-hydroxylation sites is 2. The molecule has 10 atom stereocenters. The van der Waals surface area contributed by atoms with Gasteiger partial charge in [0, 0.05) is 96.1 Å². The number of aromatic nitrogens is 4. The van der Waals surface area contributed by atoms with Gasteiger partial charge in [0.15, 0.2) is 0 Å². The molecule has 13 amide bonds. The lowest BCUT2D eigenvalue weighted by molar-refractivity contribution is -0.139. The molecule has 0 aliphatic heterocycles. The number of phenols is 2. The van der Waals surface area contributed by atoms with E-state index >= 15 is 9.59 Å². The Morgan fingerprint density at radius 1 is 0.458 bits per heavy atom. The molecule has 3 heterocycles. The molecule has 7 rings (SSSR count). The zero-order valence-corrected chi connectivity index (χ0v) is 59.8. The number of primary amides is 2. The van der Waals surface area contributed by atoms with E-state index in [1.54, 1.807) is 68.6 Å². The van der Waals surface area contributed by atoms with Crippen LogP contribution >= 0.6 is 25.3 Å². The number of carboxylic acids is 1. The third-order valence-corrected chi connectivity index (χ3v) is 17.6. The highest BCUT2D eigenvalue weighted by atomic mass is 32.1. The number of nitrogens with two attached hydrogens (primary N) is 3. The second kappa shape index (κ2) is 39.8. The average Bonchev–Trinajstić information content (AvgIpc) is 1.77. The monoisotopic (exact) mass is 1510 g/mol. The molecule has 0 radical (unpaired) electrons. The van der Waals surface area contributed by atoms with Crippen molar-refractivity contribution in [1.29, 1.82) is 0 Å². The number of thiol groups is 2. The predicted octanol–water partition coefficient (Wildman–Crippen LogP) is -3.04. The van der Waals surface area contributed by atoms with Gasteiger partial charge in [-0.3, -0.25) is 67.1 Å². The van der Waals surface area contributed by atoms with Crippen LogP contribution in [-0.2, 0) is 99.2 Å². The summed E-state index contributed by atoms with van der Waals surface area (Å²) in [5.74, 6) is -15.6. The molecule has 4 aromatic carbocycles. The van der Waals surface area contributed by atoms with Gasteiger partial charge in [0.25, 0.3) is 0 Å². The minimum absolute atomic E-state index is 0.0710. The number of nitrogens with one attached hydrogen (secondary N) is 14. The Hall–Kier alpha value is -12.0. The number of amides is 13. The first kappa shape index (κ1) is 82.3. The number of benzene rings is 4. The minimum Gasteiger partial charge on any atom is -0.508 e. The smallest absolute Gasteiger partial charge is 0.303 e. The molecule has 0 aliphatic carbocycles. The van der Waals surface area contributed by atoms with Crippen LogP contribution in [0, 0.1) is 5.92 Å². The summed E-state index contributed by atoms with van der Waals surface area (Å²) in [6, 6.07) is 9.53. The molecular weight excluding hydrogens is 1430 g/mol. The van der Waals surface area contributed by atoms with E-state index in [0.29, 0.717) is 49.8 Å². The molecule has 3 aromatic heterocycles. The fourth-order valence-electron chi connectivity index (χ4n) is 11.2. The van der Waals surface area contributed by atoms with Gasteiger partial charge in [0.2, 0.25) is 76.8 Å². The van der Waals surface area contributed by atoms with Crippen LogP contribution in [0.5, 0.6) is 11.5 Å². The Kier molecular flexibility index (Phi) is 30.6. The lowest BCUT2D eigenvalue weighted by Crippen LogP contribution is -2.62. The van der Waals surface area contributed by atoms with Gasteiger partial charge < -0.3 is 106 Å². The fraction of sp³-hybridized carbons (Fsp3) is 0.357. The highest BCUT2D eigenvalue weighted by Gasteiger charge is 2.38. The van der Waals surface area contributed by atoms with Gasteiger partial charge in [-0.05, 0) is 71.0 Å². The molecule has 0 saturated heterocycles. The lowest BCUT2D eigenvalue weighted by atomic mass is 9.99. The molecule has 0 unspecified atom stereocenters. The van der Waals surface area contributed by atoms with E-state index in [1.165, 1.54) is 67.3 Å². The number of carbonyl (C=O) groups is 14. The summed E-state index contributed by atoms with van der Waals surface area (Å²) in [5, 5.41) is 59.0. The summed E-state index contributed by atoms with van der Waals surface area (Å²) >= 11 is 8.31. The van der Waals surface area contributed by atoms with Crippen molar-refractivity contribution in [2.24, 2.45) is 23.1 Å². The Morgan fingerprint density at radius 2 is 0.888 bits per heavy atom. The number of H-pyrrole nitrogens is 3. The maximum Gasteiger partial charge on any atom is 0.303 e. The number of imidazole rings is 1. The van der Waals surface area contributed by atoms with E-state index in [2.05, 4.69) is 104 Å². The Balaban J connectivity index is 1.15. The number of rotatable bonds is 41. The Bertz CT molecular complexity index is 4330. The van der Waals surface area contributed by atoms with Crippen molar-refractivity contribution < 1.29 is 82.4 Å². The number of carboxylic acid groups (broad SMARTS) is 1. The summed E-state index contributed by atoms with van der Waals surface area (Å²) < 4.78 is 0. The molecule has 570 valence electrons. The van der Waals surface area contributed by atoms with Gasteiger partial charge in [-0.2, -0.15) is 25.3 Å². The number of nitrogens with zero attached hydrogens (tertiary/aromatic N) is 1. The van der Waals surface area contributed by atoms with Crippen LogP contribution in [0.3, 0.4) is 0 Å². The number of hydrogen-bond donors (Lipinski definition) is 22. The highest BCUT2D eigenvalue weighted by Crippen LogP contribution is 2.23. The molecule has 0 fully saturated rings. The second-order valence-electron chi connectivity index (χ2n) is 25.4. The van der Waals surface area contributed by atoms with E-state index in [0.717, 1.165) is 0 Å². The van der Waals surface area contributed by atoms with E-state index in [9.17, 15) is 72.9 Å². The van der Waals surface area contributed by atoms with Crippen LogP contribution in [0.1, 0.15) is 61.1 Å². The van der Waals surface area contributed by atoms with Crippen LogP contribution in [0.15, 0.2) is 122 Å². The number of aliphatic carboxylic acids is 1. The van der Waals surface area contributed by atoms with E-state index in [4.69, 9.17) is 17.2 Å². The summed E-state index contributed by atoms with van der Waals surface area (Å²) in [4.78, 5) is 206. The van der Waals surface area contributed by atoms with Gasteiger partial charge in [0.1, 0.15) is 65.9 Å². The van der Waals surface area contributed by atoms with Crippen LogP contribution in [0.4, 0.5) is 0 Å². The topological polar surface area (TPSA) is 570 Å². The van der Waals surface area contributed by atoms with Crippen LogP contribution in [0.25, 0.3) is 21.8 Å². The summed E-state index contributed by atoms with van der Waals surface area (Å²) in [6.07, 6.45) is 2.26. The van der Waals surface area contributed by atoms with Crippen LogP contribution in [-0.4, -0.2) is 203 Å². The molecule has 0 spiro atoms. The summed E-state index contributed by atoms with van der Waals surface area (Å²) in [7, 11) is 0. The zero-order valence-electron chi connectivity index (χ0n) is 58.0. The molecule has 0 saturated carbocycles. The first-order chi connectivity index (χ1) is 51.0. The quantitative estimate of drug-likeness (QED) is 0.0169. The van der Waals surface area contributed by atoms with Gasteiger partial charge in [-0.15, -0.1) is 0 Å². The number of carbonyl (C=O) groups excluding carboxylic acids is 13. The van der Waals surface area contributed by atoms with Crippen molar-refractivity contribution in [2.45, 2.75) is 126 Å². The SMILES string of the molecule is CC(C)[C@H](NC(=O)[C@H](Cc1cnc[nH]1)NC(=O)[C@H](Cc1c[nH]c2ccccc12)NC(=O)[C@H](Cc1ccc(O)cc1)NC(=O)[C@H](CS)NC(=O)[C@H](CCC(=O)O)NC(=O)[C@H](Cc1c[nH]c2ccccc12)NC(=O)[C@H](CC(N)=O)NC(=O)CNC(=O)[C@@H](N)CS)C(=O)N[C@@H](Cc1ccc(O)cc1)C(=O)NCC(N)=O. The lowest BCUT2D eigenvalue weighted by Gasteiger charge is -2.29. The van der Waals surface area contributed by atoms with Gasteiger partial charge >= 0.3 is 5.97 Å². The molecular formula is C70H86N18O17S2. The van der Waals surface area contributed by atoms with Gasteiger partial charge in [-0.25, -0.2) is 4.98 Å². The number of phenolic OH excluding ortho intramolecular Hbond substituents is 2. The molecule has 23 N–H and O–H groups in total. The molecule has 0 aliphatic rings. The molecule has 7 aromatic rings. The highest BCUT2D eigenvalue weighted by molar-refractivity contribution is 7.80. The van der Waals surface area contributed by atoms with Crippen molar-refractivity contribution in [2.75, 3.05) is 24.6 Å². The van der Waals surface area contributed by atoms with Crippen molar-refractivity contribution in [3.05, 3.63) is 150 Å². The predicted molar refractivity (Wildman–Crippen MR) is 394 cm³/mol. The number of hydrogen-bond acceptors (Lipinski definition) is 20. The fourth-order valence-corrected chi connectivity index (χ4v) is 11.6. The van der Waals surface area contributed by atoms with Gasteiger partial charge in [-0.1, -0.05) is 74.5 Å². The molecule has 107 heavy (non-hydrogen) atoms. The molecule has 37 heteroatoms. The van der Waals surface area contributed by atoms with E-state index in [1.807, 2.05) is 0 Å². The van der Waals surface area contributed by atoms with E-state index < -0.39 is 187 Å². The van der Waals surface area contributed by atoms with Crippen molar-refractivity contribution in [1.82, 2.24) is 78.4 Å². The minimum atomic E-state index is -1.80. The largest absolute Gasteiger partial charge is 0.508 e. The number of aromatic amines is 3. The van der Waals surface area contributed by atoms with E-state index in [-0.39, 0.29) is 49.4 Å². The van der Waals surface area contributed by atoms with Crippen molar-refractivity contribution in [3.8, 4) is 11.5 Å². The first-order valence-electron chi connectivity index (χ1n) is 33.7. The number of fused-ring (bicyclic) bond motifs is 2. The summed E-state index contributed by atoms with van der Waals surface area (Å²) in [5.41, 5.74) is 19.8. The van der Waals surface area contributed by atoms with Crippen molar-refractivity contribution in [3.63, 3.8) is 0 Å². The molecule has 35 nitrogen and oxygen atoms in total.